The lowest BCUT2D eigenvalue weighted by Gasteiger charge is -2.22. The van der Waals surface area contributed by atoms with Crippen LogP contribution in [0.5, 0.6) is 5.75 Å². The molecule has 0 bridgehead atoms. The minimum absolute atomic E-state index is 0.0654. The number of fused-ring (bicyclic) bond motifs is 1. The normalized spacial score (nSPS) is 14.2. The second-order valence-corrected chi connectivity index (χ2v) is 11.8. The van der Waals surface area contributed by atoms with Crippen molar-refractivity contribution < 1.29 is 17.9 Å². The molecule has 1 saturated carbocycles. The maximum absolute atomic E-state index is 13.5. The first-order valence-electron chi connectivity index (χ1n) is 10.8. The van der Waals surface area contributed by atoms with Crippen molar-refractivity contribution in [2.45, 2.75) is 23.8 Å². The van der Waals surface area contributed by atoms with Crippen LogP contribution in [0.4, 0.5) is 5.13 Å². The number of benzene rings is 2. The molecular weight excluding hydrogens is 496 g/mol. The van der Waals surface area contributed by atoms with Crippen LogP contribution in [0.25, 0.3) is 10.2 Å². The predicted molar refractivity (Wildman–Crippen MR) is 136 cm³/mol. The highest BCUT2D eigenvalue weighted by atomic mass is 35.5. The fourth-order valence-corrected chi connectivity index (χ4v) is 6.23. The molecule has 182 valence electrons. The lowest BCUT2D eigenvalue weighted by molar-refractivity contribution is 0.0985. The highest BCUT2D eigenvalue weighted by Gasteiger charge is 2.35. The third-order valence-corrected chi connectivity index (χ3v) is 9.22. The number of carbonyl (C=O) groups excluding carboxylic acids is 1. The molecule has 0 spiro atoms. The van der Waals surface area contributed by atoms with E-state index in [9.17, 15) is 13.2 Å². The molecule has 4 rings (SSSR count). The van der Waals surface area contributed by atoms with Crippen LogP contribution >= 0.6 is 22.9 Å². The van der Waals surface area contributed by atoms with E-state index in [2.05, 4.69) is 4.98 Å². The van der Waals surface area contributed by atoms with E-state index in [0.717, 1.165) is 17.5 Å². The zero-order valence-electron chi connectivity index (χ0n) is 19.5. The molecule has 34 heavy (non-hydrogen) atoms. The summed E-state index contributed by atoms with van der Waals surface area (Å²) in [4.78, 5) is 22.0. The average Bonchev–Trinajstić information content (AvgIpc) is 3.57. The number of anilines is 1. The SMILES string of the molecule is COc1ccc(Cl)c2sc(N(CCN(C)C)C(=O)c3ccc(S(=O)(=O)N(C)C4CC4)cc3)nc12. The second-order valence-electron chi connectivity index (χ2n) is 8.46. The summed E-state index contributed by atoms with van der Waals surface area (Å²) >= 11 is 7.70. The molecule has 0 N–H and O–H groups in total. The average molecular weight is 523 g/mol. The Morgan fingerprint density at radius 3 is 2.38 bits per heavy atom. The smallest absolute Gasteiger partial charge is 0.260 e. The zero-order chi connectivity index (χ0) is 24.6. The van der Waals surface area contributed by atoms with Crippen LogP contribution in [-0.2, 0) is 10.0 Å². The van der Waals surface area contributed by atoms with Gasteiger partial charge in [-0.15, -0.1) is 0 Å². The van der Waals surface area contributed by atoms with Crippen molar-refractivity contribution in [3.63, 3.8) is 0 Å². The maximum Gasteiger partial charge on any atom is 0.260 e. The second kappa shape index (κ2) is 9.79. The van der Waals surface area contributed by atoms with E-state index in [0.29, 0.717) is 40.1 Å². The van der Waals surface area contributed by atoms with Crippen molar-refractivity contribution in [1.82, 2.24) is 14.2 Å². The van der Waals surface area contributed by atoms with Crippen molar-refractivity contribution in [3.8, 4) is 5.75 Å². The molecule has 8 nitrogen and oxygen atoms in total. The quantitative estimate of drug-likeness (QED) is 0.423. The molecule has 11 heteroatoms. The number of amides is 1. The van der Waals surface area contributed by atoms with Gasteiger partial charge in [0.25, 0.3) is 5.91 Å². The van der Waals surface area contributed by atoms with E-state index in [1.54, 1.807) is 43.3 Å². The lowest BCUT2D eigenvalue weighted by atomic mass is 10.2. The number of hydrogen-bond acceptors (Lipinski definition) is 7. The molecule has 2 aromatic carbocycles. The minimum Gasteiger partial charge on any atom is -0.494 e. The molecule has 1 aliphatic rings. The number of sulfonamides is 1. The monoisotopic (exact) mass is 522 g/mol. The topological polar surface area (TPSA) is 83.0 Å². The summed E-state index contributed by atoms with van der Waals surface area (Å²) in [7, 11) is 3.44. The van der Waals surface area contributed by atoms with E-state index in [-0.39, 0.29) is 16.8 Å². The minimum atomic E-state index is -3.58. The Balaban J connectivity index is 1.67. The van der Waals surface area contributed by atoms with Gasteiger partial charge in [0.15, 0.2) is 5.13 Å². The summed E-state index contributed by atoms with van der Waals surface area (Å²) in [6.07, 6.45) is 1.76. The van der Waals surface area contributed by atoms with Crippen LogP contribution in [0.3, 0.4) is 0 Å². The summed E-state index contributed by atoms with van der Waals surface area (Å²) in [5.41, 5.74) is 0.978. The number of aromatic nitrogens is 1. The maximum atomic E-state index is 13.5. The molecule has 0 aliphatic heterocycles. The van der Waals surface area contributed by atoms with E-state index in [1.165, 1.54) is 27.8 Å². The van der Waals surface area contributed by atoms with Crippen LogP contribution in [0.2, 0.25) is 5.02 Å². The third kappa shape index (κ3) is 4.92. The Hall–Kier alpha value is -2.24. The van der Waals surface area contributed by atoms with Crippen LogP contribution in [-0.4, -0.2) is 75.9 Å². The first kappa shape index (κ1) is 24.9. The van der Waals surface area contributed by atoms with E-state index >= 15 is 0 Å². The van der Waals surface area contributed by atoms with Crippen LogP contribution < -0.4 is 9.64 Å². The Morgan fingerprint density at radius 1 is 1.12 bits per heavy atom. The first-order chi connectivity index (χ1) is 16.1. The third-order valence-electron chi connectivity index (χ3n) is 5.75. The van der Waals surface area contributed by atoms with Crippen molar-refractivity contribution in [2.24, 2.45) is 0 Å². The van der Waals surface area contributed by atoms with E-state index < -0.39 is 10.0 Å². The molecule has 1 fully saturated rings. The van der Waals surface area contributed by atoms with Gasteiger partial charge in [-0.05, 0) is 63.3 Å². The summed E-state index contributed by atoms with van der Waals surface area (Å²) in [6.45, 7) is 1.02. The highest BCUT2D eigenvalue weighted by Crippen LogP contribution is 2.39. The number of ether oxygens (including phenoxy) is 1. The van der Waals surface area contributed by atoms with Gasteiger partial charge in [-0.1, -0.05) is 22.9 Å². The number of nitrogens with zero attached hydrogens (tertiary/aromatic N) is 4. The van der Waals surface area contributed by atoms with Crippen LogP contribution in [0.15, 0.2) is 41.3 Å². The molecule has 1 amide bonds. The standard InChI is InChI=1S/C23H27ClN4O4S2/c1-26(2)13-14-28(23-25-20-19(32-4)12-11-18(24)21(20)33-23)22(29)15-5-9-17(10-6-15)34(30,31)27(3)16-7-8-16/h5-6,9-12,16H,7-8,13-14H2,1-4H3. The van der Waals surface area contributed by atoms with Crippen molar-refractivity contribution >= 4 is 54.2 Å². The molecule has 0 unspecified atom stereocenters. The first-order valence-corrected chi connectivity index (χ1v) is 13.4. The summed E-state index contributed by atoms with van der Waals surface area (Å²) in [5, 5.41) is 1.03. The van der Waals surface area contributed by atoms with Gasteiger partial charge in [0.05, 0.1) is 21.7 Å². The van der Waals surface area contributed by atoms with E-state index in [4.69, 9.17) is 16.3 Å². The number of rotatable bonds is 9. The van der Waals surface area contributed by atoms with Gasteiger partial charge in [0.1, 0.15) is 11.3 Å². The number of carbonyl (C=O) groups is 1. The van der Waals surface area contributed by atoms with Crippen molar-refractivity contribution in [1.29, 1.82) is 0 Å². The Labute approximate surface area is 208 Å². The van der Waals surface area contributed by atoms with Gasteiger partial charge in [0, 0.05) is 31.7 Å². The van der Waals surface area contributed by atoms with Gasteiger partial charge >= 0.3 is 0 Å². The highest BCUT2D eigenvalue weighted by molar-refractivity contribution is 7.89. The number of methoxy groups -OCH3 is 1. The number of halogens is 1. The van der Waals surface area contributed by atoms with Gasteiger partial charge < -0.3 is 9.64 Å². The fraction of sp³-hybridized carbons (Fsp3) is 0.391. The van der Waals surface area contributed by atoms with Gasteiger partial charge in [-0.25, -0.2) is 13.4 Å². The number of thiazole rings is 1. The lowest BCUT2D eigenvalue weighted by Crippen LogP contribution is -2.36. The Morgan fingerprint density at radius 2 is 1.79 bits per heavy atom. The molecule has 0 saturated heterocycles. The van der Waals surface area contributed by atoms with Crippen molar-refractivity contribution in [2.75, 3.05) is 46.2 Å². The van der Waals surface area contributed by atoms with Gasteiger partial charge in [0.2, 0.25) is 10.0 Å². The summed E-state index contributed by atoms with van der Waals surface area (Å²) in [6, 6.07) is 9.65. The number of hydrogen-bond donors (Lipinski definition) is 0. The number of likely N-dealkylation sites (N-methyl/N-ethyl adjacent to an activating group) is 1. The van der Waals surface area contributed by atoms with Gasteiger partial charge in [-0.2, -0.15) is 4.31 Å². The summed E-state index contributed by atoms with van der Waals surface area (Å²) < 4.78 is 33.2. The molecule has 1 heterocycles. The Bertz CT molecular complexity index is 1300. The molecule has 0 atom stereocenters. The largest absolute Gasteiger partial charge is 0.494 e. The molecular formula is C23H27ClN4O4S2. The fourth-order valence-electron chi connectivity index (χ4n) is 3.53. The van der Waals surface area contributed by atoms with Crippen molar-refractivity contribution in [3.05, 3.63) is 47.0 Å². The Kier molecular flexibility index (Phi) is 7.16. The molecule has 3 aromatic rings. The molecule has 1 aromatic heterocycles. The van der Waals surface area contributed by atoms with E-state index in [1.807, 2.05) is 19.0 Å². The van der Waals surface area contributed by atoms with Crippen LogP contribution in [0.1, 0.15) is 23.2 Å². The summed E-state index contributed by atoms with van der Waals surface area (Å²) in [5.74, 6) is 0.312. The predicted octanol–water partition coefficient (Wildman–Crippen LogP) is 3.95. The molecule has 0 radical (unpaired) electrons. The molecule has 1 aliphatic carbocycles. The van der Waals surface area contributed by atoms with Crippen LogP contribution in [0, 0.1) is 0 Å². The van der Waals surface area contributed by atoms with Gasteiger partial charge in [-0.3, -0.25) is 9.69 Å². The zero-order valence-corrected chi connectivity index (χ0v) is 21.9.